The Morgan fingerprint density at radius 1 is 1.07 bits per heavy atom. The van der Waals surface area contributed by atoms with Crippen LogP contribution in [0, 0.1) is 20.8 Å². The fraction of sp³-hybridized carbons (Fsp3) is 0.158. The molecular formula is C19H19N7O3S. The fourth-order valence-corrected chi connectivity index (χ4v) is 4.42. The van der Waals surface area contributed by atoms with Crippen LogP contribution < -0.4 is 9.46 Å². The Bertz CT molecular complexity index is 1270. The average Bonchev–Trinajstić information content (AvgIpc) is 3.28. The molecule has 30 heavy (non-hydrogen) atoms. The second-order valence-corrected chi connectivity index (χ2v) is 8.17. The number of hydrogen-bond acceptors (Lipinski definition) is 7. The minimum atomic E-state index is -3.75. The molecule has 11 heteroatoms. The van der Waals surface area contributed by atoms with Crippen LogP contribution in [0.4, 0.5) is 5.69 Å². The molecule has 0 bridgehead atoms. The number of hydrogen-bond donors (Lipinski definition) is 2. The number of nitrogens with one attached hydrogen (secondary N) is 2. The maximum atomic E-state index is 12.6. The van der Waals surface area contributed by atoms with Gasteiger partial charge in [0.2, 0.25) is 5.88 Å². The van der Waals surface area contributed by atoms with Crippen molar-refractivity contribution in [2.45, 2.75) is 25.7 Å². The van der Waals surface area contributed by atoms with E-state index in [0.717, 1.165) is 5.82 Å². The zero-order chi connectivity index (χ0) is 21.3. The highest BCUT2D eigenvalue weighted by Gasteiger charge is 2.22. The van der Waals surface area contributed by atoms with Crippen LogP contribution in [-0.4, -0.2) is 38.1 Å². The zero-order valence-corrected chi connectivity index (χ0v) is 17.3. The molecule has 3 aromatic heterocycles. The van der Waals surface area contributed by atoms with Crippen LogP contribution in [0.15, 0.2) is 53.9 Å². The number of anilines is 1. The van der Waals surface area contributed by atoms with Crippen LogP contribution >= 0.6 is 0 Å². The third-order valence-electron chi connectivity index (χ3n) is 4.36. The number of sulfonamides is 1. The van der Waals surface area contributed by atoms with E-state index in [9.17, 15) is 8.42 Å². The molecule has 4 rings (SSSR count). The molecule has 0 aliphatic heterocycles. The Morgan fingerprint density at radius 3 is 2.47 bits per heavy atom. The standard InChI is InChI=1S/C19H19N7O3S/c1-12-19(13(2)24-23-12)30(27,28)25-15-4-6-16(7-5-15)29-18-10-17(21-11-22-18)26-9-8-20-14(26)3/h4-11,25H,1-3H3,(H,23,24). The Balaban J connectivity index is 1.50. The molecule has 2 N–H and O–H groups in total. The van der Waals surface area contributed by atoms with Crippen molar-refractivity contribution in [1.29, 1.82) is 0 Å². The summed E-state index contributed by atoms with van der Waals surface area (Å²) in [5.74, 6) is 2.27. The van der Waals surface area contributed by atoms with Crippen LogP contribution in [0.2, 0.25) is 0 Å². The highest BCUT2D eigenvalue weighted by Crippen LogP contribution is 2.25. The van der Waals surface area contributed by atoms with Crippen molar-refractivity contribution in [3.63, 3.8) is 0 Å². The zero-order valence-electron chi connectivity index (χ0n) is 16.5. The molecule has 0 aliphatic carbocycles. The van der Waals surface area contributed by atoms with Gasteiger partial charge in [0.1, 0.15) is 28.6 Å². The molecule has 1 aromatic carbocycles. The SMILES string of the molecule is Cc1n[nH]c(C)c1S(=O)(=O)Nc1ccc(Oc2cc(-n3ccnc3C)ncn2)cc1. The van der Waals surface area contributed by atoms with E-state index in [1.807, 2.05) is 11.5 Å². The predicted molar refractivity (Wildman–Crippen MR) is 109 cm³/mol. The second-order valence-electron chi connectivity index (χ2n) is 6.55. The Hall–Kier alpha value is -3.73. The van der Waals surface area contributed by atoms with Gasteiger partial charge in [-0.25, -0.2) is 23.4 Å². The van der Waals surface area contributed by atoms with E-state index >= 15 is 0 Å². The van der Waals surface area contributed by atoms with Gasteiger partial charge in [0.25, 0.3) is 10.0 Å². The molecule has 0 saturated heterocycles. The Morgan fingerprint density at radius 2 is 1.83 bits per heavy atom. The maximum Gasteiger partial charge on any atom is 0.265 e. The molecular weight excluding hydrogens is 406 g/mol. The highest BCUT2D eigenvalue weighted by atomic mass is 32.2. The Labute approximate surface area is 173 Å². The van der Waals surface area contributed by atoms with E-state index in [4.69, 9.17) is 4.74 Å². The lowest BCUT2D eigenvalue weighted by atomic mass is 10.3. The minimum absolute atomic E-state index is 0.145. The number of aromatic amines is 1. The first-order chi connectivity index (χ1) is 14.3. The lowest BCUT2D eigenvalue weighted by Gasteiger charge is -2.10. The maximum absolute atomic E-state index is 12.6. The summed E-state index contributed by atoms with van der Waals surface area (Å²) in [4.78, 5) is 12.7. The third kappa shape index (κ3) is 3.87. The molecule has 154 valence electrons. The topological polar surface area (TPSA) is 128 Å². The summed E-state index contributed by atoms with van der Waals surface area (Å²) in [6, 6.07) is 8.21. The van der Waals surface area contributed by atoms with Gasteiger partial charge in [0.15, 0.2) is 0 Å². The molecule has 0 amide bonds. The van der Waals surface area contributed by atoms with Crippen molar-refractivity contribution in [3.8, 4) is 17.4 Å². The molecule has 0 radical (unpaired) electrons. The average molecular weight is 425 g/mol. The lowest BCUT2D eigenvalue weighted by molar-refractivity contribution is 0.461. The number of aromatic nitrogens is 6. The van der Waals surface area contributed by atoms with Gasteiger partial charge in [-0.1, -0.05) is 0 Å². The van der Waals surface area contributed by atoms with Gasteiger partial charge in [-0.15, -0.1) is 0 Å². The number of ether oxygens (including phenoxy) is 1. The van der Waals surface area contributed by atoms with Crippen LogP contribution in [-0.2, 0) is 10.0 Å². The summed E-state index contributed by atoms with van der Waals surface area (Å²) in [6.07, 6.45) is 4.89. The van der Waals surface area contributed by atoms with Crippen LogP contribution in [0.25, 0.3) is 5.82 Å². The highest BCUT2D eigenvalue weighted by molar-refractivity contribution is 7.92. The first-order valence-electron chi connectivity index (χ1n) is 8.98. The summed E-state index contributed by atoms with van der Waals surface area (Å²) in [7, 11) is -3.75. The summed E-state index contributed by atoms with van der Waals surface area (Å²) >= 11 is 0. The summed E-state index contributed by atoms with van der Waals surface area (Å²) in [6.45, 7) is 5.16. The molecule has 0 unspecified atom stereocenters. The number of aryl methyl sites for hydroxylation is 3. The monoisotopic (exact) mass is 425 g/mol. The smallest absolute Gasteiger partial charge is 0.265 e. The van der Waals surface area contributed by atoms with E-state index in [-0.39, 0.29) is 4.90 Å². The van der Waals surface area contributed by atoms with Crippen LogP contribution in [0.5, 0.6) is 11.6 Å². The van der Waals surface area contributed by atoms with Crippen LogP contribution in [0.3, 0.4) is 0 Å². The molecule has 0 saturated carbocycles. The van der Waals surface area contributed by atoms with E-state index in [1.54, 1.807) is 56.6 Å². The van der Waals surface area contributed by atoms with Crippen molar-refractivity contribution in [1.82, 2.24) is 29.7 Å². The van der Waals surface area contributed by atoms with Gasteiger partial charge in [-0.2, -0.15) is 5.10 Å². The molecule has 0 aliphatic rings. The fourth-order valence-electron chi connectivity index (χ4n) is 2.99. The second kappa shape index (κ2) is 7.59. The first kappa shape index (κ1) is 19.6. The third-order valence-corrected chi connectivity index (χ3v) is 6.00. The van der Waals surface area contributed by atoms with E-state index in [0.29, 0.717) is 34.5 Å². The Kier molecular flexibility index (Phi) is 4.96. The van der Waals surface area contributed by atoms with Crippen molar-refractivity contribution in [3.05, 3.63) is 66.3 Å². The number of rotatable bonds is 6. The minimum Gasteiger partial charge on any atom is -0.439 e. The van der Waals surface area contributed by atoms with Crippen molar-refractivity contribution >= 4 is 15.7 Å². The first-order valence-corrected chi connectivity index (χ1v) is 10.5. The van der Waals surface area contributed by atoms with Gasteiger partial charge in [0, 0.05) is 24.1 Å². The van der Waals surface area contributed by atoms with Gasteiger partial charge in [0.05, 0.1) is 11.4 Å². The quantitative estimate of drug-likeness (QED) is 0.486. The van der Waals surface area contributed by atoms with Crippen molar-refractivity contribution in [2.24, 2.45) is 0 Å². The molecule has 10 nitrogen and oxygen atoms in total. The molecule has 0 atom stereocenters. The number of imidazole rings is 1. The van der Waals surface area contributed by atoms with Gasteiger partial charge in [-0.3, -0.25) is 14.4 Å². The predicted octanol–water partition coefficient (Wildman–Crippen LogP) is 2.90. The van der Waals surface area contributed by atoms with Crippen molar-refractivity contribution in [2.75, 3.05) is 4.72 Å². The summed E-state index contributed by atoms with van der Waals surface area (Å²) in [5, 5.41) is 6.61. The summed E-state index contributed by atoms with van der Waals surface area (Å²) < 4.78 is 35.4. The lowest BCUT2D eigenvalue weighted by Crippen LogP contribution is -2.14. The molecule has 3 heterocycles. The molecule has 0 spiro atoms. The normalized spacial score (nSPS) is 11.4. The van der Waals surface area contributed by atoms with E-state index in [1.165, 1.54) is 6.33 Å². The number of H-pyrrole nitrogens is 1. The van der Waals surface area contributed by atoms with Crippen molar-refractivity contribution < 1.29 is 13.2 Å². The number of nitrogens with zero attached hydrogens (tertiary/aromatic N) is 5. The largest absolute Gasteiger partial charge is 0.439 e. The van der Waals surface area contributed by atoms with E-state index in [2.05, 4.69) is 29.9 Å². The summed E-state index contributed by atoms with van der Waals surface area (Å²) in [5.41, 5.74) is 1.29. The molecule has 4 aromatic rings. The van der Waals surface area contributed by atoms with Crippen LogP contribution in [0.1, 0.15) is 17.2 Å². The number of benzene rings is 1. The molecule has 0 fully saturated rings. The van der Waals surface area contributed by atoms with Gasteiger partial charge < -0.3 is 4.74 Å². The van der Waals surface area contributed by atoms with E-state index < -0.39 is 10.0 Å². The van der Waals surface area contributed by atoms with Gasteiger partial charge >= 0.3 is 0 Å². The van der Waals surface area contributed by atoms with Gasteiger partial charge in [-0.05, 0) is 45.0 Å².